The fourth-order valence-electron chi connectivity index (χ4n) is 2.40. The number of hydrogen-bond donors (Lipinski definition) is 0. The largest absolute Gasteiger partial charge is 0.242 e. The van der Waals surface area contributed by atoms with Crippen molar-refractivity contribution in [2.75, 3.05) is 0 Å². The quantitative estimate of drug-likeness (QED) is 0.755. The maximum Gasteiger partial charge on any atom is 0.125 e. The molecule has 0 unspecified atom stereocenters. The van der Waals surface area contributed by atoms with Crippen molar-refractivity contribution in [3.05, 3.63) is 46.9 Å². The van der Waals surface area contributed by atoms with Crippen molar-refractivity contribution in [2.24, 2.45) is 0 Å². The van der Waals surface area contributed by atoms with Gasteiger partial charge in [-0.2, -0.15) is 0 Å². The van der Waals surface area contributed by atoms with Crippen LogP contribution in [0.25, 0.3) is 11.3 Å². The van der Waals surface area contributed by atoms with E-state index in [0.717, 1.165) is 11.5 Å². The Bertz CT molecular complexity index is 584. The van der Waals surface area contributed by atoms with Gasteiger partial charge in [-0.3, -0.25) is 0 Å². The molecule has 19 heavy (non-hydrogen) atoms. The number of aryl methyl sites for hydroxylation is 3. The second-order valence-corrected chi connectivity index (χ2v) is 6.22. The summed E-state index contributed by atoms with van der Waals surface area (Å²) < 4.78 is 0. The van der Waals surface area contributed by atoms with Gasteiger partial charge in [-0.25, -0.2) is 9.97 Å². The van der Waals surface area contributed by atoms with E-state index in [1.807, 2.05) is 19.2 Å². The van der Waals surface area contributed by atoms with Gasteiger partial charge in [-0.05, 0) is 48.9 Å². The molecular weight excluding hydrogens is 232 g/mol. The predicted octanol–water partition coefficient (Wildman–Crippen LogP) is 4.37. The van der Waals surface area contributed by atoms with Crippen molar-refractivity contribution < 1.29 is 0 Å². The van der Waals surface area contributed by atoms with Crippen LogP contribution in [0.5, 0.6) is 0 Å². The van der Waals surface area contributed by atoms with Crippen LogP contribution in [-0.2, 0) is 5.41 Å². The molecule has 0 saturated heterocycles. The minimum atomic E-state index is 0.176. The number of hydrogen-bond acceptors (Lipinski definition) is 2. The van der Waals surface area contributed by atoms with Gasteiger partial charge in [-0.1, -0.05) is 32.9 Å². The summed E-state index contributed by atoms with van der Waals surface area (Å²) in [4.78, 5) is 8.72. The molecule has 1 aromatic heterocycles. The van der Waals surface area contributed by atoms with Gasteiger partial charge in [0.25, 0.3) is 0 Å². The molecule has 1 aromatic carbocycles. The van der Waals surface area contributed by atoms with Crippen molar-refractivity contribution in [3.63, 3.8) is 0 Å². The van der Waals surface area contributed by atoms with E-state index in [0.29, 0.717) is 0 Å². The third kappa shape index (κ3) is 2.83. The van der Waals surface area contributed by atoms with Crippen molar-refractivity contribution in [3.8, 4) is 11.3 Å². The van der Waals surface area contributed by atoms with Crippen LogP contribution in [0.2, 0.25) is 0 Å². The Kier molecular flexibility index (Phi) is 3.44. The van der Waals surface area contributed by atoms with E-state index >= 15 is 0 Å². The molecule has 0 amide bonds. The Hall–Kier alpha value is -1.70. The van der Waals surface area contributed by atoms with E-state index in [9.17, 15) is 0 Å². The molecule has 0 fully saturated rings. The topological polar surface area (TPSA) is 25.8 Å². The summed E-state index contributed by atoms with van der Waals surface area (Å²) in [5, 5.41) is 0. The lowest BCUT2D eigenvalue weighted by molar-refractivity contribution is 0.589. The van der Waals surface area contributed by atoms with E-state index < -0.39 is 0 Å². The summed E-state index contributed by atoms with van der Waals surface area (Å²) in [5.41, 5.74) is 6.36. The summed E-state index contributed by atoms with van der Waals surface area (Å²) in [6.07, 6.45) is 1.83. The van der Waals surface area contributed by atoms with Crippen molar-refractivity contribution >= 4 is 0 Å². The number of benzene rings is 1. The standard InChI is InChI=1S/C17H22N2/c1-11-9-14(17(4,5)6)10-12(2)16(11)15-7-8-18-13(3)19-15/h7-10H,1-6H3. The molecule has 0 aliphatic heterocycles. The summed E-state index contributed by atoms with van der Waals surface area (Å²) in [6, 6.07) is 6.54. The Morgan fingerprint density at radius 1 is 0.947 bits per heavy atom. The van der Waals surface area contributed by atoms with Gasteiger partial charge in [0.15, 0.2) is 0 Å². The van der Waals surface area contributed by atoms with Crippen LogP contribution in [0.15, 0.2) is 24.4 Å². The molecule has 2 nitrogen and oxygen atoms in total. The van der Waals surface area contributed by atoms with Crippen LogP contribution >= 0.6 is 0 Å². The van der Waals surface area contributed by atoms with Crippen LogP contribution in [0.1, 0.15) is 43.3 Å². The van der Waals surface area contributed by atoms with Gasteiger partial charge >= 0.3 is 0 Å². The average Bonchev–Trinajstić information content (AvgIpc) is 2.26. The van der Waals surface area contributed by atoms with Crippen molar-refractivity contribution in [2.45, 2.75) is 47.0 Å². The fourth-order valence-corrected chi connectivity index (χ4v) is 2.40. The maximum atomic E-state index is 4.55. The van der Waals surface area contributed by atoms with E-state index in [1.54, 1.807) is 0 Å². The summed E-state index contributed by atoms with van der Waals surface area (Å²) in [7, 11) is 0. The first kappa shape index (κ1) is 13.7. The maximum absolute atomic E-state index is 4.55. The van der Waals surface area contributed by atoms with Gasteiger partial charge in [0, 0.05) is 11.8 Å². The van der Waals surface area contributed by atoms with Gasteiger partial charge < -0.3 is 0 Å². The van der Waals surface area contributed by atoms with Gasteiger partial charge in [0.05, 0.1) is 5.69 Å². The lowest BCUT2D eigenvalue weighted by Gasteiger charge is -2.22. The molecule has 2 heteroatoms. The Morgan fingerprint density at radius 2 is 1.53 bits per heavy atom. The lowest BCUT2D eigenvalue weighted by atomic mass is 9.83. The van der Waals surface area contributed by atoms with Gasteiger partial charge in [0.2, 0.25) is 0 Å². The second kappa shape index (κ2) is 4.76. The highest BCUT2D eigenvalue weighted by Crippen LogP contribution is 2.31. The molecular formula is C17H22N2. The third-order valence-electron chi connectivity index (χ3n) is 3.43. The molecule has 0 radical (unpaired) electrons. The highest BCUT2D eigenvalue weighted by molar-refractivity contribution is 5.68. The summed E-state index contributed by atoms with van der Waals surface area (Å²) >= 11 is 0. The molecule has 1 heterocycles. The molecule has 100 valence electrons. The van der Waals surface area contributed by atoms with Crippen LogP contribution in [-0.4, -0.2) is 9.97 Å². The molecule has 0 atom stereocenters. The fraction of sp³-hybridized carbons (Fsp3) is 0.412. The monoisotopic (exact) mass is 254 g/mol. The Balaban J connectivity index is 2.60. The molecule has 0 spiro atoms. The second-order valence-electron chi connectivity index (χ2n) is 6.22. The predicted molar refractivity (Wildman–Crippen MR) is 80.4 cm³/mol. The molecule has 2 aromatic rings. The van der Waals surface area contributed by atoms with Crippen LogP contribution in [0.3, 0.4) is 0 Å². The molecule has 2 rings (SSSR count). The lowest BCUT2D eigenvalue weighted by Crippen LogP contribution is -2.12. The van der Waals surface area contributed by atoms with Crippen LogP contribution in [0.4, 0.5) is 0 Å². The number of nitrogens with zero attached hydrogens (tertiary/aromatic N) is 2. The molecule has 0 aliphatic rings. The zero-order valence-corrected chi connectivity index (χ0v) is 12.7. The number of aromatic nitrogens is 2. The first-order valence-electron chi connectivity index (χ1n) is 6.71. The minimum absolute atomic E-state index is 0.176. The van der Waals surface area contributed by atoms with E-state index in [-0.39, 0.29) is 5.41 Å². The zero-order valence-electron chi connectivity index (χ0n) is 12.7. The molecule has 0 aliphatic carbocycles. The average molecular weight is 254 g/mol. The van der Waals surface area contributed by atoms with E-state index in [1.165, 1.54) is 22.3 Å². The first-order valence-corrected chi connectivity index (χ1v) is 6.71. The normalized spacial score (nSPS) is 11.7. The zero-order chi connectivity index (χ0) is 14.2. The summed E-state index contributed by atoms with van der Waals surface area (Å²) in [5.74, 6) is 0.816. The third-order valence-corrected chi connectivity index (χ3v) is 3.43. The van der Waals surface area contributed by atoms with Crippen molar-refractivity contribution in [1.82, 2.24) is 9.97 Å². The minimum Gasteiger partial charge on any atom is -0.242 e. The van der Waals surface area contributed by atoms with E-state index in [2.05, 4.69) is 56.7 Å². The van der Waals surface area contributed by atoms with Crippen LogP contribution < -0.4 is 0 Å². The molecule has 0 N–H and O–H groups in total. The Labute approximate surface area is 115 Å². The van der Waals surface area contributed by atoms with Gasteiger partial charge in [-0.15, -0.1) is 0 Å². The van der Waals surface area contributed by atoms with E-state index in [4.69, 9.17) is 0 Å². The molecule has 0 bridgehead atoms. The SMILES string of the molecule is Cc1nccc(-c2c(C)cc(C(C)(C)C)cc2C)n1. The van der Waals surface area contributed by atoms with Crippen LogP contribution in [0, 0.1) is 20.8 Å². The highest BCUT2D eigenvalue weighted by atomic mass is 14.9. The summed E-state index contributed by atoms with van der Waals surface area (Å²) in [6.45, 7) is 13.0. The van der Waals surface area contributed by atoms with Crippen molar-refractivity contribution in [1.29, 1.82) is 0 Å². The smallest absolute Gasteiger partial charge is 0.125 e. The molecule has 0 saturated carbocycles. The number of rotatable bonds is 1. The highest BCUT2D eigenvalue weighted by Gasteiger charge is 2.17. The first-order chi connectivity index (χ1) is 8.79. The Morgan fingerprint density at radius 3 is 2.00 bits per heavy atom. The van der Waals surface area contributed by atoms with Gasteiger partial charge in [0.1, 0.15) is 5.82 Å².